The Bertz CT molecular complexity index is 953. The van der Waals surface area contributed by atoms with Crippen molar-refractivity contribution in [2.24, 2.45) is 17.3 Å². The number of hydrogen-bond donors (Lipinski definition) is 0. The van der Waals surface area contributed by atoms with Crippen LogP contribution in [0.2, 0.25) is 0 Å². The molecular formula is C21H17Br2F3O2. The van der Waals surface area contributed by atoms with E-state index in [1.165, 1.54) is 18.2 Å². The molecule has 1 saturated carbocycles. The summed E-state index contributed by atoms with van der Waals surface area (Å²) in [6, 6.07) is 7.36. The minimum absolute atomic E-state index is 0.0122. The van der Waals surface area contributed by atoms with Crippen LogP contribution in [0, 0.1) is 34.7 Å². The lowest BCUT2D eigenvalue weighted by Gasteiger charge is -2.11. The Labute approximate surface area is 178 Å². The Morgan fingerprint density at radius 3 is 2.50 bits per heavy atom. The van der Waals surface area contributed by atoms with Gasteiger partial charge in [-0.15, -0.1) is 0 Å². The predicted molar refractivity (Wildman–Crippen MR) is 108 cm³/mol. The molecule has 0 N–H and O–H groups in total. The maximum atomic E-state index is 14.8. The Balaban J connectivity index is 1.76. The molecule has 1 fully saturated rings. The molecule has 2 aromatic rings. The van der Waals surface area contributed by atoms with Crippen molar-refractivity contribution in [2.45, 2.75) is 20.5 Å². The van der Waals surface area contributed by atoms with Gasteiger partial charge in [0.05, 0.1) is 9.31 Å². The van der Waals surface area contributed by atoms with Crippen LogP contribution in [0.25, 0.3) is 11.1 Å². The van der Waals surface area contributed by atoms with Gasteiger partial charge in [-0.1, -0.05) is 38.1 Å². The molecule has 2 unspecified atom stereocenters. The number of ether oxygens (including phenoxy) is 1. The average Bonchev–Trinajstić information content (AvgIpc) is 3.13. The van der Waals surface area contributed by atoms with Crippen molar-refractivity contribution in [3.63, 3.8) is 0 Å². The van der Waals surface area contributed by atoms with Gasteiger partial charge in [0.15, 0.2) is 0 Å². The fourth-order valence-corrected chi connectivity index (χ4v) is 3.99. The number of carbonyl (C=O) groups is 1. The molecule has 0 amide bonds. The minimum Gasteiger partial charge on any atom is -0.460 e. The molecule has 0 aliphatic heterocycles. The number of rotatable bonds is 5. The number of halogens is 5. The third-order valence-electron chi connectivity index (χ3n) is 5.14. The quantitative estimate of drug-likeness (QED) is 0.411. The SMILES string of the molecule is CC1(C)C(C=C(Br)Br)C1C(=O)OCc1cccc(-c2ccc(F)cc2F)c1F. The number of esters is 1. The molecule has 0 bridgehead atoms. The smallest absolute Gasteiger partial charge is 0.310 e. The molecule has 0 radical (unpaired) electrons. The monoisotopic (exact) mass is 516 g/mol. The molecule has 2 atom stereocenters. The summed E-state index contributed by atoms with van der Waals surface area (Å²) in [6.07, 6.45) is 1.89. The first kappa shape index (κ1) is 21.1. The van der Waals surface area contributed by atoms with Crippen LogP contribution in [-0.4, -0.2) is 5.97 Å². The van der Waals surface area contributed by atoms with Crippen molar-refractivity contribution in [3.05, 3.63) is 68.9 Å². The Morgan fingerprint density at radius 2 is 1.86 bits per heavy atom. The summed E-state index contributed by atoms with van der Waals surface area (Å²) >= 11 is 6.58. The molecule has 0 heterocycles. The lowest BCUT2D eigenvalue weighted by Crippen LogP contribution is -2.11. The molecule has 0 spiro atoms. The van der Waals surface area contributed by atoms with E-state index in [4.69, 9.17) is 4.74 Å². The fraction of sp³-hybridized carbons (Fsp3) is 0.286. The first-order chi connectivity index (χ1) is 13.1. The highest BCUT2D eigenvalue weighted by atomic mass is 79.9. The summed E-state index contributed by atoms with van der Waals surface area (Å²) in [6.45, 7) is 3.66. The van der Waals surface area contributed by atoms with Gasteiger partial charge in [-0.25, -0.2) is 13.2 Å². The van der Waals surface area contributed by atoms with Crippen LogP contribution in [0.4, 0.5) is 13.2 Å². The Morgan fingerprint density at radius 1 is 1.14 bits per heavy atom. The maximum Gasteiger partial charge on any atom is 0.310 e. The van der Waals surface area contributed by atoms with E-state index >= 15 is 0 Å². The van der Waals surface area contributed by atoms with Crippen LogP contribution in [0.5, 0.6) is 0 Å². The van der Waals surface area contributed by atoms with Gasteiger partial charge in [0.25, 0.3) is 0 Å². The number of allylic oxidation sites excluding steroid dienone is 1. The molecule has 7 heteroatoms. The standard InChI is InChI=1S/C21H17Br2F3O2/c1-21(2)15(9-17(22)23)18(21)20(27)28-10-11-4-3-5-14(19(11)26)13-7-6-12(24)8-16(13)25/h3-9,15,18H,10H2,1-2H3. The van der Waals surface area contributed by atoms with Crippen molar-refractivity contribution in [3.8, 4) is 11.1 Å². The summed E-state index contributed by atoms with van der Waals surface area (Å²) in [5, 5.41) is 0. The van der Waals surface area contributed by atoms with Gasteiger partial charge in [-0.3, -0.25) is 4.79 Å². The van der Waals surface area contributed by atoms with Gasteiger partial charge in [0.1, 0.15) is 24.1 Å². The molecule has 2 nitrogen and oxygen atoms in total. The zero-order chi connectivity index (χ0) is 20.6. The second-order valence-corrected chi connectivity index (χ2v) is 10.1. The predicted octanol–water partition coefficient (Wildman–Crippen LogP) is 6.72. The van der Waals surface area contributed by atoms with E-state index in [2.05, 4.69) is 31.9 Å². The zero-order valence-corrected chi connectivity index (χ0v) is 18.3. The van der Waals surface area contributed by atoms with Crippen molar-refractivity contribution in [1.82, 2.24) is 0 Å². The molecule has 0 aromatic heterocycles. The number of benzene rings is 2. The van der Waals surface area contributed by atoms with Crippen molar-refractivity contribution in [2.75, 3.05) is 0 Å². The van der Waals surface area contributed by atoms with Crippen LogP contribution in [0.1, 0.15) is 19.4 Å². The van der Waals surface area contributed by atoms with E-state index in [-0.39, 0.29) is 40.5 Å². The second kappa shape index (κ2) is 8.03. The Hall–Kier alpha value is -1.60. The first-order valence-electron chi connectivity index (χ1n) is 8.55. The maximum absolute atomic E-state index is 14.8. The second-order valence-electron chi connectivity index (χ2n) is 7.29. The van der Waals surface area contributed by atoms with Crippen molar-refractivity contribution < 1.29 is 22.7 Å². The summed E-state index contributed by atoms with van der Waals surface area (Å²) < 4.78 is 48.0. The van der Waals surface area contributed by atoms with Crippen LogP contribution >= 0.6 is 31.9 Å². The molecular weight excluding hydrogens is 501 g/mol. The number of hydrogen-bond acceptors (Lipinski definition) is 2. The molecule has 1 aliphatic rings. The lowest BCUT2D eigenvalue weighted by atomic mass is 10.0. The van der Waals surface area contributed by atoms with E-state index < -0.39 is 23.4 Å². The van der Waals surface area contributed by atoms with Gasteiger partial charge < -0.3 is 4.74 Å². The highest BCUT2D eigenvalue weighted by molar-refractivity contribution is 9.28. The minimum atomic E-state index is -0.859. The summed E-state index contributed by atoms with van der Waals surface area (Å²) in [5.74, 6) is -3.02. The molecule has 3 rings (SSSR count). The van der Waals surface area contributed by atoms with Crippen LogP contribution in [0.3, 0.4) is 0 Å². The first-order valence-corrected chi connectivity index (χ1v) is 10.1. The van der Waals surface area contributed by atoms with E-state index in [1.54, 1.807) is 6.07 Å². The number of carbonyl (C=O) groups excluding carboxylic acids is 1. The zero-order valence-electron chi connectivity index (χ0n) is 15.1. The summed E-state index contributed by atoms with van der Waals surface area (Å²) in [4.78, 5) is 12.4. The highest BCUT2D eigenvalue weighted by Gasteiger charge is 2.61. The third kappa shape index (κ3) is 4.20. The van der Waals surface area contributed by atoms with E-state index in [0.29, 0.717) is 6.07 Å². The third-order valence-corrected chi connectivity index (χ3v) is 5.67. The fourth-order valence-electron chi connectivity index (χ4n) is 3.42. The van der Waals surface area contributed by atoms with Crippen LogP contribution < -0.4 is 0 Å². The molecule has 148 valence electrons. The van der Waals surface area contributed by atoms with Crippen molar-refractivity contribution in [1.29, 1.82) is 0 Å². The van der Waals surface area contributed by atoms with Crippen molar-refractivity contribution >= 4 is 37.8 Å². The van der Waals surface area contributed by atoms with E-state index in [9.17, 15) is 18.0 Å². The topological polar surface area (TPSA) is 26.3 Å². The van der Waals surface area contributed by atoms with E-state index in [1.807, 2.05) is 19.9 Å². The van der Waals surface area contributed by atoms with Crippen LogP contribution in [0.15, 0.2) is 45.9 Å². The highest BCUT2D eigenvalue weighted by Crippen LogP contribution is 2.60. The molecule has 0 saturated heterocycles. The van der Waals surface area contributed by atoms with Gasteiger partial charge in [0.2, 0.25) is 0 Å². The molecule has 1 aliphatic carbocycles. The van der Waals surface area contributed by atoms with Gasteiger partial charge >= 0.3 is 5.97 Å². The van der Waals surface area contributed by atoms with E-state index in [0.717, 1.165) is 9.46 Å². The lowest BCUT2D eigenvalue weighted by molar-refractivity contribution is -0.147. The van der Waals surface area contributed by atoms with Gasteiger partial charge in [0, 0.05) is 22.8 Å². The van der Waals surface area contributed by atoms with Crippen LogP contribution in [-0.2, 0) is 16.1 Å². The average molecular weight is 518 g/mol. The van der Waals surface area contributed by atoms with Gasteiger partial charge in [-0.2, -0.15) is 0 Å². The van der Waals surface area contributed by atoms with Gasteiger partial charge in [-0.05, 0) is 55.3 Å². The largest absolute Gasteiger partial charge is 0.460 e. The summed E-state index contributed by atoms with van der Waals surface area (Å²) in [5.41, 5.74) is -0.187. The normalized spacial score (nSPS) is 19.8. The molecule has 2 aromatic carbocycles. The Kier molecular flexibility index (Phi) is 6.05. The summed E-state index contributed by atoms with van der Waals surface area (Å²) in [7, 11) is 0. The molecule has 28 heavy (non-hydrogen) atoms.